The van der Waals surface area contributed by atoms with Gasteiger partial charge in [-0.25, -0.2) is 29.3 Å². The third-order valence-electron chi connectivity index (χ3n) is 20.2. The fourth-order valence-electron chi connectivity index (χ4n) is 15.7. The number of imidazole rings is 3. The molecule has 0 spiro atoms. The zero-order valence-electron chi connectivity index (χ0n) is 54.0. The van der Waals surface area contributed by atoms with Crippen LogP contribution in [0.25, 0.3) is 102 Å². The second-order valence-corrected chi connectivity index (χ2v) is 26.2. The normalized spacial score (nSPS) is 18.6. The van der Waals surface area contributed by atoms with Gasteiger partial charge >= 0.3 is 17.9 Å². The average molecular weight is 1280 g/mol. The van der Waals surface area contributed by atoms with Crippen LogP contribution in [0.5, 0.6) is 0 Å². The van der Waals surface area contributed by atoms with E-state index in [0.29, 0.717) is 41.4 Å². The van der Waals surface area contributed by atoms with Gasteiger partial charge in [-0.15, -0.1) is 0 Å². The van der Waals surface area contributed by atoms with Crippen LogP contribution in [0.3, 0.4) is 0 Å². The molecule has 3 aliphatic heterocycles. The monoisotopic (exact) mass is 1280 g/mol. The van der Waals surface area contributed by atoms with Crippen LogP contribution in [0, 0.1) is 20.8 Å². The highest BCUT2D eigenvalue weighted by atomic mass is 16.5. The fraction of sp³-hybridized carbons (Fsp3) is 0.241. The summed E-state index contributed by atoms with van der Waals surface area (Å²) < 4.78 is 12.1. The van der Waals surface area contributed by atoms with Crippen molar-refractivity contribution in [2.75, 3.05) is 7.11 Å². The second kappa shape index (κ2) is 24.7. The first-order valence-corrected chi connectivity index (χ1v) is 33.2. The molecule has 18 nitrogen and oxygen atoms in total. The quantitative estimate of drug-likeness (QED) is 0.108. The summed E-state index contributed by atoms with van der Waals surface area (Å²) in [5.74, 6) is 2.95. The van der Waals surface area contributed by atoms with Crippen LogP contribution in [0.15, 0.2) is 182 Å². The molecule has 3 saturated carbocycles. The molecular formula is C79H68N12O6. The summed E-state index contributed by atoms with van der Waals surface area (Å²) in [4.78, 5) is 77.6. The molecule has 6 bridgehead atoms. The number of methoxy groups -OCH3 is 1. The minimum Gasteiger partial charge on any atom is -0.478 e. The number of carbonyl (C=O) groups is 3. The number of ether oxygens (including phenoxy) is 1. The number of hydrogen-bond donors (Lipinski definition) is 2. The Hall–Kier alpha value is -11.4. The highest BCUT2D eigenvalue weighted by Gasteiger charge is 2.44. The van der Waals surface area contributed by atoms with Gasteiger partial charge in [0, 0.05) is 105 Å². The third-order valence-corrected chi connectivity index (χ3v) is 20.2. The lowest BCUT2D eigenvalue weighted by atomic mass is 10.0. The molecule has 3 aliphatic carbocycles. The number of carboxylic acid groups (broad SMARTS) is 2. The number of carboxylic acids is 2. The highest BCUT2D eigenvalue weighted by molar-refractivity contribution is 5.91. The molecule has 12 heterocycles. The Morgan fingerprint density at radius 2 is 0.680 bits per heavy atom. The first kappa shape index (κ1) is 60.5. The van der Waals surface area contributed by atoms with Crippen molar-refractivity contribution in [3.63, 3.8) is 0 Å². The van der Waals surface area contributed by atoms with Crippen LogP contribution >= 0.6 is 0 Å². The van der Waals surface area contributed by atoms with Gasteiger partial charge in [-0.05, 0) is 188 Å². The van der Waals surface area contributed by atoms with Gasteiger partial charge in [-0.1, -0.05) is 54.6 Å². The molecule has 9 aromatic heterocycles. The van der Waals surface area contributed by atoms with Crippen LogP contribution in [-0.2, 0) is 4.74 Å². The Kier molecular flexibility index (Phi) is 15.4. The molecule has 12 aromatic rings. The summed E-state index contributed by atoms with van der Waals surface area (Å²) in [7, 11) is 1.39. The maximum atomic E-state index is 11.8. The van der Waals surface area contributed by atoms with E-state index >= 15 is 0 Å². The maximum absolute atomic E-state index is 11.8. The van der Waals surface area contributed by atoms with E-state index in [0.717, 1.165) is 119 Å². The fourth-order valence-corrected chi connectivity index (χ4v) is 15.7. The number of fused-ring (bicyclic) bond motifs is 15. The molecule has 0 saturated heterocycles. The molecule has 3 aromatic carbocycles. The second-order valence-electron chi connectivity index (χ2n) is 26.2. The van der Waals surface area contributed by atoms with Crippen molar-refractivity contribution in [3.05, 3.63) is 234 Å². The summed E-state index contributed by atoms with van der Waals surface area (Å²) in [5.41, 5.74) is 21.2. The summed E-state index contributed by atoms with van der Waals surface area (Å²) in [6, 6.07) is 53.1. The Labute approximate surface area is 559 Å². The third kappa shape index (κ3) is 11.1. The summed E-state index contributed by atoms with van der Waals surface area (Å²) in [5, 5.41) is 18.4. The van der Waals surface area contributed by atoms with Gasteiger partial charge in [-0.2, -0.15) is 0 Å². The van der Waals surface area contributed by atoms with Gasteiger partial charge < -0.3 is 28.7 Å². The van der Waals surface area contributed by atoms with Gasteiger partial charge in [0.05, 0.1) is 75.0 Å². The Morgan fingerprint density at radius 1 is 0.371 bits per heavy atom. The minimum atomic E-state index is -0.932. The smallest absolute Gasteiger partial charge is 0.337 e. The molecule has 0 radical (unpaired) electrons. The van der Waals surface area contributed by atoms with Crippen molar-refractivity contribution in [3.8, 4) is 102 Å². The van der Waals surface area contributed by atoms with E-state index < -0.39 is 11.9 Å². The van der Waals surface area contributed by atoms with E-state index in [9.17, 15) is 24.6 Å². The number of rotatable bonds is 12. The molecular weight excluding hydrogens is 1210 g/mol. The Morgan fingerprint density at radius 3 is 0.969 bits per heavy atom. The lowest BCUT2D eigenvalue weighted by Gasteiger charge is -2.17. The molecule has 18 heteroatoms. The molecule has 6 unspecified atom stereocenters. The number of aromatic carboxylic acids is 2. The largest absolute Gasteiger partial charge is 0.478 e. The molecule has 18 rings (SSSR count). The summed E-state index contributed by atoms with van der Waals surface area (Å²) in [6.45, 7) is 6.02. The zero-order valence-corrected chi connectivity index (χ0v) is 54.0. The van der Waals surface area contributed by atoms with Crippen LogP contribution < -0.4 is 0 Å². The van der Waals surface area contributed by atoms with Gasteiger partial charge in [-0.3, -0.25) is 29.9 Å². The lowest BCUT2D eigenvalue weighted by Crippen LogP contribution is -2.08. The molecule has 480 valence electrons. The Balaban J connectivity index is 0.000000114. The highest BCUT2D eigenvalue weighted by Crippen LogP contribution is 2.55. The van der Waals surface area contributed by atoms with Crippen LogP contribution in [0.1, 0.15) is 159 Å². The summed E-state index contributed by atoms with van der Waals surface area (Å²) >= 11 is 0. The van der Waals surface area contributed by atoms with E-state index in [-0.39, 0.29) is 17.1 Å². The van der Waals surface area contributed by atoms with Crippen molar-refractivity contribution >= 4 is 17.9 Å². The number of hydrogen-bond acceptors (Lipinski definition) is 13. The standard InChI is InChI=1S/C27H24N4O2.2C26H22N4O2/c1-16-4-3-5-22(29-16)24-25(31-21-11-10-20(14-21)26(31)30-24)19-12-13-28-23(15-19)17-6-8-18(9-7-17)27(32)33-2;2*1-15-3-2-4-21(28-15)23-24(30-20-10-9-19(13-20)25(30)29-23)18-11-12-27-22(14-18)16-5-7-17(8-6-16)26(31)32/h3-9,12-13,15,20-21H,10-11,14H2,1-2H3;2*2-8,11-12,14,19-20H,9-10,13H2,1H3,(H,31,32). The first-order chi connectivity index (χ1) is 47.3. The van der Waals surface area contributed by atoms with Crippen molar-refractivity contribution < 1.29 is 29.3 Å². The predicted octanol–water partition coefficient (Wildman–Crippen LogP) is 16.6. The van der Waals surface area contributed by atoms with Crippen molar-refractivity contribution in [1.82, 2.24) is 58.6 Å². The van der Waals surface area contributed by atoms with Crippen LogP contribution in [0.2, 0.25) is 0 Å². The van der Waals surface area contributed by atoms with Gasteiger partial charge in [0.2, 0.25) is 0 Å². The number of pyridine rings is 6. The van der Waals surface area contributed by atoms with Gasteiger partial charge in [0.25, 0.3) is 0 Å². The van der Waals surface area contributed by atoms with E-state index in [4.69, 9.17) is 34.6 Å². The molecule has 6 atom stereocenters. The van der Waals surface area contributed by atoms with Crippen LogP contribution in [0.4, 0.5) is 0 Å². The predicted molar refractivity (Wildman–Crippen MR) is 369 cm³/mol. The number of aromatic nitrogens is 12. The average Bonchev–Trinajstić information content (AvgIpc) is 1.59. The molecule has 2 N–H and O–H groups in total. The number of aryl methyl sites for hydroxylation is 3. The number of benzene rings is 3. The molecule has 0 amide bonds. The van der Waals surface area contributed by atoms with Crippen LogP contribution in [-0.4, -0.2) is 93.8 Å². The first-order valence-electron chi connectivity index (χ1n) is 33.2. The van der Waals surface area contributed by atoms with Crippen molar-refractivity contribution in [2.45, 2.75) is 114 Å². The van der Waals surface area contributed by atoms with E-state index in [1.54, 1.807) is 60.7 Å². The zero-order chi connectivity index (χ0) is 66.2. The minimum absolute atomic E-state index is 0.266. The van der Waals surface area contributed by atoms with Gasteiger partial charge in [0.15, 0.2) is 0 Å². The SMILES string of the molecule is COC(=O)c1ccc(-c2cc(-c3c(-c4cccc(C)n4)nc4n3C3CCC4C3)ccn2)cc1.Cc1cccc(-c2nc3n(c2-c2ccnc(-c4ccc(C(=O)O)cc4)c2)C2CCC3C2)n1.Cc1cccc(-c2nc3n(c2-c2ccnc(-c4ccc(C(=O)O)cc4)c2)C2CCC3C2)n1. The van der Waals surface area contributed by atoms with Gasteiger partial charge in [0.1, 0.15) is 34.6 Å². The lowest BCUT2D eigenvalue weighted by molar-refractivity contribution is 0.0599. The topological polar surface area (TPSA) is 232 Å². The molecule has 97 heavy (non-hydrogen) atoms. The maximum Gasteiger partial charge on any atom is 0.337 e. The van der Waals surface area contributed by atoms with E-state index in [1.165, 1.54) is 82.4 Å². The molecule has 6 aliphatic rings. The number of carbonyl (C=O) groups excluding carboxylic acids is 1. The van der Waals surface area contributed by atoms with Crippen molar-refractivity contribution in [1.29, 1.82) is 0 Å². The van der Waals surface area contributed by atoms with E-state index in [1.807, 2.05) is 118 Å². The number of esters is 1. The number of nitrogens with zero attached hydrogens (tertiary/aromatic N) is 12. The van der Waals surface area contributed by atoms with E-state index in [2.05, 4.69) is 52.9 Å². The van der Waals surface area contributed by atoms with Crippen molar-refractivity contribution in [2.24, 2.45) is 0 Å². The molecule has 3 fully saturated rings. The summed E-state index contributed by atoms with van der Waals surface area (Å²) in [6.07, 6.45) is 16.2. The Bertz CT molecular complexity index is 4880.